The molecule has 4 rings (SSSR count). The van der Waals surface area contributed by atoms with E-state index in [2.05, 4.69) is 18.2 Å². The first-order valence-corrected chi connectivity index (χ1v) is 10.9. The molecule has 0 atom stereocenters. The lowest BCUT2D eigenvalue weighted by Crippen LogP contribution is -2.53. The summed E-state index contributed by atoms with van der Waals surface area (Å²) < 4.78 is 16.9. The van der Waals surface area contributed by atoms with Crippen molar-refractivity contribution in [2.75, 3.05) is 21.3 Å². The number of nitrogens with two attached hydrogens (primary N) is 1. The maximum atomic E-state index is 5.63. The minimum absolute atomic E-state index is 0.0663. The summed E-state index contributed by atoms with van der Waals surface area (Å²) in [5.41, 5.74) is 9.74. The fourth-order valence-corrected chi connectivity index (χ4v) is 3.83. The van der Waals surface area contributed by atoms with Gasteiger partial charge in [-0.25, -0.2) is 0 Å². The second-order valence-corrected chi connectivity index (χ2v) is 7.35. The smallest absolute Gasteiger partial charge is 0.255 e. The molecule has 0 aliphatic rings. The molecule has 4 aromatic rings. The molecule has 0 spiro atoms. The fraction of sp³-hybridized carbons (Fsp3) is 0.143. The number of ether oxygens (including phenoxy) is 3. The van der Waals surface area contributed by atoms with E-state index in [1.807, 2.05) is 84.9 Å². The monoisotopic (exact) mass is 439 g/mol. The topological polar surface area (TPSA) is 53.7 Å². The van der Waals surface area contributed by atoms with E-state index in [4.69, 9.17) is 19.9 Å². The van der Waals surface area contributed by atoms with E-state index in [1.165, 1.54) is 5.56 Å². The van der Waals surface area contributed by atoms with Crippen LogP contribution in [-0.2, 0) is 6.54 Å². The molecule has 0 unspecified atom stereocenters. The zero-order valence-corrected chi connectivity index (χ0v) is 19.4. The van der Waals surface area contributed by atoms with Crippen LogP contribution in [0.2, 0.25) is 0 Å². The van der Waals surface area contributed by atoms with Crippen LogP contribution in [0.4, 0.5) is 0 Å². The average molecular weight is 439 g/mol. The molecule has 0 aliphatic heterocycles. The van der Waals surface area contributed by atoms with Gasteiger partial charge in [0.05, 0.1) is 21.3 Å². The van der Waals surface area contributed by atoms with Gasteiger partial charge < -0.3 is 19.9 Å². The number of para-hydroxylation sites is 3. The Balaban J connectivity index is 0.000000323. The number of hydrogen-bond acceptors (Lipinski definition) is 4. The Hall–Kier alpha value is -3.70. The first-order valence-electron chi connectivity index (χ1n) is 10.9. The van der Waals surface area contributed by atoms with Gasteiger partial charge in [0.15, 0.2) is 0 Å². The van der Waals surface area contributed by atoms with Crippen LogP contribution in [0, 0.1) is 0 Å². The van der Waals surface area contributed by atoms with Gasteiger partial charge in [-0.1, -0.05) is 84.9 Å². The summed E-state index contributed by atoms with van der Waals surface area (Å²) in [6, 6.07) is 34.2. The quantitative estimate of drug-likeness (QED) is 0.449. The molecule has 5 heteroatoms. The van der Waals surface area contributed by atoms with Gasteiger partial charge in [0.1, 0.15) is 17.2 Å². The molecule has 0 radical (unpaired) electrons. The third-order valence-electron chi connectivity index (χ3n) is 5.43. The van der Waals surface area contributed by atoms with Crippen LogP contribution in [0.1, 0.15) is 5.56 Å². The molecule has 4 nitrogen and oxygen atoms in total. The molecule has 2 N–H and O–H groups in total. The van der Waals surface area contributed by atoms with Gasteiger partial charge in [0, 0.05) is 6.54 Å². The van der Waals surface area contributed by atoms with E-state index in [0.717, 1.165) is 33.6 Å². The third-order valence-corrected chi connectivity index (χ3v) is 5.43. The molecule has 168 valence electrons. The average Bonchev–Trinajstić information content (AvgIpc) is 2.90. The van der Waals surface area contributed by atoms with Crippen LogP contribution in [0.3, 0.4) is 0 Å². The maximum Gasteiger partial charge on any atom is 0.255 e. The second-order valence-electron chi connectivity index (χ2n) is 7.35. The molecule has 0 amide bonds. The van der Waals surface area contributed by atoms with Gasteiger partial charge in [0.25, 0.3) is 6.71 Å². The predicted molar refractivity (Wildman–Crippen MR) is 138 cm³/mol. The molecule has 33 heavy (non-hydrogen) atoms. The highest BCUT2D eigenvalue weighted by Crippen LogP contribution is 2.16. The van der Waals surface area contributed by atoms with Crippen molar-refractivity contribution in [3.05, 3.63) is 109 Å². The lowest BCUT2D eigenvalue weighted by molar-refractivity contribution is 0.416. The Labute approximate surface area is 197 Å². The molecule has 0 fully saturated rings. The van der Waals surface area contributed by atoms with Gasteiger partial charge in [-0.15, -0.1) is 0 Å². The van der Waals surface area contributed by atoms with Crippen molar-refractivity contribution in [2.45, 2.75) is 6.54 Å². The Kier molecular flexibility index (Phi) is 8.98. The van der Waals surface area contributed by atoms with Crippen molar-refractivity contribution >= 4 is 23.1 Å². The molecule has 4 aromatic carbocycles. The van der Waals surface area contributed by atoms with E-state index < -0.39 is 0 Å². The first kappa shape index (κ1) is 24.0. The van der Waals surface area contributed by atoms with Crippen LogP contribution in [0.15, 0.2) is 103 Å². The zero-order chi connectivity index (χ0) is 23.5. The van der Waals surface area contributed by atoms with Crippen molar-refractivity contribution in [3.63, 3.8) is 0 Å². The Morgan fingerprint density at radius 2 is 0.848 bits per heavy atom. The fourth-order valence-electron chi connectivity index (χ4n) is 3.83. The minimum atomic E-state index is -0.0663. The van der Waals surface area contributed by atoms with Gasteiger partial charge in [-0.3, -0.25) is 0 Å². The molecular weight excluding hydrogens is 409 g/mol. The van der Waals surface area contributed by atoms with Crippen LogP contribution >= 0.6 is 0 Å². The lowest BCUT2D eigenvalue weighted by atomic mass is 9.36. The summed E-state index contributed by atoms with van der Waals surface area (Å²) >= 11 is 0. The SMILES string of the molecule is COc1ccccc1B(c1ccccc1OC)c1ccccc1OC.NCc1ccccc1. The van der Waals surface area contributed by atoms with E-state index in [-0.39, 0.29) is 6.71 Å². The van der Waals surface area contributed by atoms with E-state index in [0.29, 0.717) is 6.54 Å². The normalized spacial score (nSPS) is 9.94. The Morgan fingerprint density at radius 3 is 1.15 bits per heavy atom. The molecule has 0 heterocycles. The van der Waals surface area contributed by atoms with E-state index in [9.17, 15) is 0 Å². The van der Waals surface area contributed by atoms with Crippen LogP contribution in [0.25, 0.3) is 0 Å². The van der Waals surface area contributed by atoms with Crippen LogP contribution in [-0.4, -0.2) is 28.0 Å². The highest BCUT2D eigenvalue weighted by molar-refractivity contribution is 6.97. The third kappa shape index (κ3) is 5.96. The highest BCUT2D eigenvalue weighted by atomic mass is 16.5. The maximum absolute atomic E-state index is 5.63. The number of benzene rings is 4. The first-order chi connectivity index (χ1) is 16.2. The molecular formula is C28H30BNO3. The summed E-state index contributed by atoms with van der Waals surface area (Å²) in [6.07, 6.45) is 0. The largest absolute Gasteiger partial charge is 0.497 e. The lowest BCUT2D eigenvalue weighted by Gasteiger charge is -2.22. The summed E-state index contributed by atoms with van der Waals surface area (Å²) in [6.45, 7) is 0.573. The predicted octanol–water partition coefficient (Wildman–Crippen LogP) is 3.37. The van der Waals surface area contributed by atoms with Gasteiger partial charge in [0.2, 0.25) is 0 Å². The van der Waals surface area contributed by atoms with Crippen LogP contribution < -0.4 is 36.3 Å². The van der Waals surface area contributed by atoms with Crippen molar-refractivity contribution in [2.24, 2.45) is 5.73 Å². The number of methoxy groups -OCH3 is 3. The van der Waals surface area contributed by atoms with Crippen molar-refractivity contribution < 1.29 is 14.2 Å². The molecule has 0 bridgehead atoms. The summed E-state index contributed by atoms with van der Waals surface area (Å²) in [4.78, 5) is 0. The van der Waals surface area contributed by atoms with Gasteiger partial charge in [-0.2, -0.15) is 0 Å². The molecule has 0 saturated carbocycles. The zero-order valence-electron chi connectivity index (χ0n) is 19.4. The summed E-state index contributed by atoms with van der Waals surface area (Å²) in [7, 11) is 5.08. The second kappa shape index (κ2) is 12.4. The van der Waals surface area contributed by atoms with Gasteiger partial charge >= 0.3 is 0 Å². The van der Waals surface area contributed by atoms with E-state index >= 15 is 0 Å². The van der Waals surface area contributed by atoms with Gasteiger partial charge in [-0.05, 0) is 40.2 Å². The Morgan fingerprint density at radius 1 is 0.515 bits per heavy atom. The number of hydrogen-bond donors (Lipinski definition) is 1. The minimum Gasteiger partial charge on any atom is -0.497 e. The standard InChI is InChI=1S/C21H21BO3.C7H9N/c1-23-19-13-7-4-10-16(19)22(17-11-5-8-14-20(17)24-2)18-12-6-9-15-21(18)25-3;8-6-7-4-2-1-3-5-7/h4-15H,1-3H3;1-5H,6,8H2. The summed E-state index contributed by atoms with van der Waals surface area (Å²) in [5.74, 6) is 2.51. The van der Waals surface area contributed by atoms with Crippen molar-refractivity contribution in [3.8, 4) is 17.2 Å². The molecule has 0 saturated heterocycles. The highest BCUT2D eigenvalue weighted by Gasteiger charge is 2.29. The van der Waals surface area contributed by atoms with Crippen LogP contribution in [0.5, 0.6) is 17.2 Å². The van der Waals surface area contributed by atoms with Crippen molar-refractivity contribution in [1.29, 1.82) is 0 Å². The number of rotatable bonds is 7. The van der Waals surface area contributed by atoms with Crippen molar-refractivity contribution in [1.82, 2.24) is 0 Å². The molecule has 0 aliphatic carbocycles. The summed E-state index contributed by atoms with van der Waals surface area (Å²) in [5, 5.41) is 0. The van der Waals surface area contributed by atoms with E-state index in [1.54, 1.807) is 21.3 Å². The molecule has 0 aromatic heterocycles. The Bertz CT molecular complexity index is 1020.